The van der Waals surface area contributed by atoms with E-state index in [1.807, 2.05) is 0 Å². The molecule has 0 bridgehead atoms. The third kappa shape index (κ3) is 3.82. The van der Waals surface area contributed by atoms with Crippen molar-refractivity contribution in [1.82, 2.24) is 4.90 Å². The summed E-state index contributed by atoms with van der Waals surface area (Å²) in [5, 5.41) is 0. The summed E-state index contributed by atoms with van der Waals surface area (Å²) in [5.74, 6) is 2.04. The molecule has 1 atom stereocenters. The fourth-order valence-electron chi connectivity index (χ4n) is 3.49. The zero-order chi connectivity index (χ0) is 16.3. The highest BCUT2D eigenvalue weighted by molar-refractivity contribution is 5.42. The van der Waals surface area contributed by atoms with E-state index in [9.17, 15) is 0 Å². The largest absolute Gasteiger partial charge is 0.496 e. The quantitative estimate of drug-likeness (QED) is 0.927. The van der Waals surface area contributed by atoms with Crippen molar-refractivity contribution < 1.29 is 4.74 Å². The van der Waals surface area contributed by atoms with Crippen LogP contribution in [0.5, 0.6) is 5.75 Å². The monoisotopic (exact) mass is 304 g/mol. The molecule has 2 N–H and O–H groups in total. The molecule has 0 amide bonds. The number of hydrogen-bond acceptors (Lipinski definition) is 3. The molecule has 1 saturated heterocycles. The SMILES string of the molecule is COc1ccc(C(C)(C)C)cc1C(CN)C1CCN(C)CC1. The van der Waals surface area contributed by atoms with Crippen LogP contribution >= 0.6 is 0 Å². The van der Waals surface area contributed by atoms with Crippen LogP contribution in [0.15, 0.2) is 18.2 Å². The maximum Gasteiger partial charge on any atom is 0.122 e. The molecule has 1 aromatic rings. The second-order valence-corrected chi connectivity index (χ2v) is 7.69. The molecule has 22 heavy (non-hydrogen) atoms. The highest BCUT2D eigenvalue weighted by Gasteiger charge is 2.28. The van der Waals surface area contributed by atoms with E-state index in [1.165, 1.54) is 37.1 Å². The van der Waals surface area contributed by atoms with Crippen molar-refractivity contribution in [2.75, 3.05) is 33.8 Å². The third-order valence-corrected chi connectivity index (χ3v) is 5.08. The predicted octanol–water partition coefficient (Wildman–Crippen LogP) is 3.38. The molecule has 3 heteroatoms. The number of piperidine rings is 1. The molecule has 1 aliphatic heterocycles. The molecule has 0 aliphatic carbocycles. The van der Waals surface area contributed by atoms with Gasteiger partial charge in [0.2, 0.25) is 0 Å². The Kier molecular flexibility index (Phi) is 5.51. The molecule has 1 aliphatic rings. The lowest BCUT2D eigenvalue weighted by Crippen LogP contribution is -2.35. The highest BCUT2D eigenvalue weighted by Crippen LogP contribution is 2.38. The Labute approximate surface area is 135 Å². The minimum absolute atomic E-state index is 0.146. The van der Waals surface area contributed by atoms with E-state index >= 15 is 0 Å². The van der Waals surface area contributed by atoms with E-state index in [2.05, 4.69) is 50.9 Å². The van der Waals surface area contributed by atoms with Gasteiger partial charge in [0.25, 0.3) is 0 Å². The summed E-state index contributed by atoms with van der Waals surface area (Å²) in [6.45, 7) is 9.80. The van der Waals surface area contributed by atoms with Gasteiger partial charge < -0.3 is 15.4 Å². The number of benzene rings is 1. The van der Waals surface area contributed by atoms with Crippen LogP contribution in [0.3, 0.4) is 0 Å². The van der Waals surface area contributed by atoms with Gasteiger partial charge in [-0.05, 0) is 68.0 Å². The van der Waals surface area contributed by atoms with Gasteiger partial charge in [-0.3, -0.25) is 0 Å². The van der Waals surface area contributed by atoms with Crippen LogP contribution in [0.4, 0.5) is 0 Å². The van der Waals surface area contributed by atoms with Gasteiger partial charge in [-0.25, -0.2) is 0 Å². The average Bonchev–Trinajstić information content (AvgIpc) is 2.49. The van der Waals surface area contributed by atoms with Gasteiger partial charge in [-0.1, -0.05) is 32.9 Å². The first-order valence-electron chi connectivity index (χ1n) is 8.44. The number of methoxy groups -OCH3 is 1. The van der Waals surface area contributed by atoms with Crippen LogP contribution in [0.25, 0.3) is 0 Å². The van der Waals surface area contributed by atoms with Crippen molar-refractivity contribution in [2.45, 2.75) is 44.9 Å². The van der Waals surface area contributed by atoms with Crippen LogP contribution < -0.4 is 10.5 Å². The van der Waals surface area contributed by atoms with Crippen LogP contribution in [0, 0.1) is 5.92 Å². The van der Waals surface area contributed by atoms with Crippen molar-refractivity contribution in [3.8, 4) is 5.75 Å². The first-order chi connectivity index (χ1) is 10.4. The fourth-order valence-corrected chi connectivity index (χ4v) is 3.49. The number of rotatable bonds is 4. The Hall–Kier alpha value is -1.06. The summed E-state index contributed by atoms with van der Waals surface area (Å²) in [5.41, 5.74) is 8.98. The summed E-state index contributed by atoms with van der Waals surface area (Å²) in [7, 11) is 3.96. The molecule has 0 radical (unpaired) electrons. The number of nitrogens with two attached hydrogens (primary N) is 1. The van der Waals surface area contributed by atoms with E-state index in [0.29, 0.717) is 18.4 Å². The third-order valence-electron chi connectivity index (χ3n) is 5.08. The summed E-state index contributed by atoms with van der Waals surface area (Å²) < 4.78 is 5.64. The number of ether oxygens (including phenoxy) is 1. The molecule has 1 aromatic carbocycles. The van der Waals surface area contributed by atoms with Gasteiger partial charge in [0, 0.05) is 5.92 Å². The Morgan fingerprint density at radius 1 is 1.27 bits per heavy atom. The minimum atomic E-state index is 0.146. The lowest BCUT2D eigenvalue weighted by molar-refractivity contribution is 0.198. The maximum atomic E-state index is 6.18. The highest BCUT2D eigenvalue weighted by atomic mass is 16.5. The van der Waals surface area contributed by atoms with E-state index in [1.54, 1.807) is 7.11 Å². The van der Waals surface area contributed by atoms with Crippen molar-refractivity contribution in [3.63, 3.8) is 0 Å². The topological polar surface area (TPSA) is 38.5 Å². The summed E-state index contributed by atoms with van der Waals surface area (Å²) in [4.78, 5) is 2.41. The fraction of sp³-hybridized carbons (Fsp3) is 0.684. The summed E-state index contributed by atoms with van der Waals surface area (Å²) in [6.07, 6.45) is 2.45. The Morgan fingerprint density at radius 2 is 1.91 bits per heavy atom. The molecule has 0 saturated carbocycles. The van der Waals surface area contributed by atoms with Gasteiger partial charge in [0.15, 0.2) is 0 Å². The molecule has 0 aromatic heterocycles. The van der Waals surface area contributed by atoms with Gasteiger partial charge in [0.05, 0.1) is 7.11 Å². The van der Waals surface area contributed by atoms with E-state index in [4.69, 9.17) is 10.5 Å². The van der Waals surface area contributed by atoms with E-state index < -0.39 is 0 Å². The van der Waals surface area contributed by atoms with Crippen LogP contribution in [0.1, 0.15) is 50.7 Å². The normalized spacial score (nSPS) is 19.2. The molecule has 124 valence electrons. The number of hydrogen-bond donors (Lipinski definition) is 1. The summed E-state index contributed by atoms with van der Waals surface area (Å²) >= 11 is 0. The van der Waals surface area contributed by atoms with E-state index in [-0.39, 0.29) is 5.41 Å². The minimum Gasteiger partial charge on any atom is -0.496 e. The van der Waals surface area contributed by atoms with Crippen LogP contribution in [-0.2, 0) is 5.41 Å². The lowest BCUT2D eigenvalue weighted by Gasteiger charge is -2.35. The zero-order valence-electron chi connectivity index (χ0n) is 14.9. The van der Waals surface area contributed by atoms with Gasteiger partial charge >= 0.3 is 0 Å². The van der Waals surface area contributed by atoms with Crippen molar-refractivity contribution in [2.24, 2.45) is 11.7 Å². The predicted molar refractivity (Wildman–Crippen MR) is 93.7 cm³/mol. The number of likely N-dealkylation sites (tertiary alicyclic amines) is 1. The summed E-state index contributed by atoms with van der Waals surface area (Å²) in [6, 6.07) is 6.63. The Morgan fingerprint density at radius 3 is 2.41 bits per heavy atom. The number of nitrogens with zero attached hydrogens (tertiary/aromatic N) is 1. The first kappa shape index (κ1) is 17.3. The molecule has 3 nitrogen and oxygen atoms in total. The molecule has 1 heterocycles. The average molecular weight is 304 g/mol. The Bertz CT molecular complexity index is 485. The van der Waals surface area contributed by atoms with Crippen LogP contribution in [-0.4, -0.2) is 38.7 Å². The maximum absolute atomic E-state index is 6.18. The molecular formula is C19H32N2O. The van der Waals surface area contributed by atoms with Crippen molar-refractivity contribution >= 4 is 0 Å². The molecule has 2 rings (SSSR count). The molecule has 1 unspecified atom stereocenters. The lowest BCUT2D eigenvalue weighted by atomic mass is 9.77. The zero-order valence-corrected chi connectivity index (χ0v) is 14.9. The van der Waals surface area contributed by atoms with Crippen molar-refractivity contribution in [1.29, 1.82) is 0 Å². The second-order valence-electron chi connectivity index (χ2n) is 7.69. The Balaban J connectivity index is 2.34. The molecule has 1 fully saturated rings. The standard InChI is InChI=1S/C19H32N2O/c1-19(2,3)15-6-7-18(22-5)16(12-15)17(13-20)14-8-10-21(4)11-9-14/h6-7,12,14,17H,8-11,13,20H2,1-5H3. The van der Waals surface area contributed by atoms with Crippen LogP contribution in [0.2, 0.25) is 0 Å². The van der Waals surface area contributed by atoms with E-state index in [0.717, 1.165) is 5.75 Å². The van der Waals surface area contributed by atoms with Gasteiger partial charge in [0.1, 0.15) is 5.75 Å². The first-order valence-corrected chi connectivity index (χ1v) is 8.44. The van der Waals surface area contributed by atoms with Gasteiger partial charge in [-0.15, -0.1) is 0 Å². The van der Waals surface area contributed by atoms with Crippen molar-refractivity contribution in [3.05, 3.63) is 29.3 Å². The second kappa shape index (κ2) is 7.01. The molecular weight excluding hydrogens is 272 g/mol. The van der Waals surface area contributed by atoms with Gasteiger partial charge in [-0.2, -0.15) is 0 Å². The molecule has 0 spiro atoms. The smallest absolute Gasteiger partial charge is 0.122 e.